The molecule has 1 unspecified atom stereocenters. The Hall–Kier alpha value is -1.40. The molecule has 1 atom stereocenters. The maximum Gasteiger partial charge on any atom is 0.220 e. The summed E-state index contributed by atoms with van der Waals surface area (Å²) in [5.74, 6) is 2.93. The molecule has 1 heterocycles. The minimum atomic E-state index is 0.0981. The Balaban J connectivity index is 1.02. The van der Waals surface area contributed by atoms with Crippen LogP contribution in [0.15, 0.2) is 17.5 Å². The second kappa shape index (κ2) is 10.2. The van der Waals surface area contributed by atoms with Crippen molar-refractivity contribution in [3.63, 3.8) is 0 Å². The normalized spacial score (nSPS) is 36.8. The standard InChI is InChI=1S/C29H45N3O2S/c1-20(28-17-21-14-22(18-28)16-23(15-21)19-28)30-26(33)7-4-8-27(34)31-24-9-11-29(12-10-24,32(2)3)25-6-5-13-35-25/h5-6,13,20-24H,4,7-12,14-19H2,1-3H3,(H,30,33)(H,31,34). The third-order valence-corrected chi connectivity index (χ3v) is 11.3. The molecule has 4 bridgehead atoms. The molecule has 5 fully saturated rings. The van der Waals surface area contributed by atoms with Gasteiger partial charge in [0.25, 0.3) is 0 Å². The van der Waals surface area contributed by atoms with Gasteiger partial charge in [0.1, 0.15) is 0 Å². The highest BCUT2D eigenvalue weighted by atomic mass is 32.1. The Bertz CT molecular complexity index is 852. The van der Waals surface area contributed by atoms with E-state index >= 15 is 0 Å². The molecule has 0 aromatic carbocycles. The number of thiophene rings is 1. The minimum Gasteiger partial charge on any atom is -0.353 e. The highest BCUT2D eigenvalue weighted by Gasteiger charge is 2.53. The van der Waals surface area contributed by atoms with Crippen LogP contribution in [0.1, 0.15) is 95.3 Å². The van der Waals surface area contributed by atoms with Crippen LogP contribution < -0.4 is 10.6 Å². The fourth-order valence-electron chi connectivity index (χ4n) is 8.58. The van der Waals surface area contributed by atoms with Gasteiger partial charge in [-0.25, -0.2) is 0 Å². The summed E-state index contributed by atoms with van der Waals surface area (Å²) in [7, 11) is 4.35. The quantitative estimate of drug-likeness (QED) is 0.475. The molecule has 194 valence electrons. The van der Waals surface area contributed by atoms with Crippen molar-refractivity contribution in [2.24, 2.45) is 23.2 Å². The molecule has 5 aliphatic rings. The van der Waals surface area contributed by atoms with E-state index in [1.54, 1.807) is 0 Å². The summed E-state index contributed by atoms with van der Waals surface area (Å²) in [6.45, 7) is 2.24. The van der Waals surface area contributed by atoms with Crippen molar-refractivity contribution in [2.75, 3.05) is 14.1 Å². The second-order valence-corrected chi connectivity index (χ2v) is 13.6. The molecule has 6 heteroatoms. The first-order valence-corrected chi connectivity index (χ1v) is 15.0. The van der Waals surface area contributed by atoms with Gasteiger partial charge in [-0.2, -0.15) is 0 Å². The molecular formula is C29H45N3O2S. The number of hydrogen-bond donors (Lipinski definition) is 2. The summed E-state index contributed by atoms with van der Waals surface area (Å²) in [5.41, 5.74) is 0.439. The van der Waals surface area contributed by atoms with Gasteiger partial charge in [0.2, 0.25) is 11.8 Å². The van der Waals surface area contributed by atoms with Crippen LogP contribution >= 0.6 is 11.3 Å². The van der Waals surface area contributed by atoms with Crippen LogP contribution in [0.3, 0.4) is 0 Å². The van der Waals surface area contributed by atoms with Crippen molar-refractivity contribution < 1.29 is 9.59 Å². The van der Waals surface area contributed by atoms with Crippen LogP contribution in [-0.4, -0.2) is 42.9 Å². The topological polar surface area (TPSA) is 61.4 Å². The largest absolute Gasteiger partial charge is 0.353 e. The van der Waals surface area contributed by atoms with Crippen molar-refractivity contribution in [2.45, 2.75) is 108 Å². The van der Waals surface area contributed by atoms with E-state index in [1.807, 2.05) is 11.3 Å². The maximum atomic E-state index is 12.7. The molecule has 5 nitrogen and oxygen atoms in total. The van der Waals surface area contributed by atoms with Crippen LogP contribution in [0.4, 0.5) is 0 Å². The SMILES string of the molecule is CC(NC(=O)CCCC(=O)NC1CCC(c2cccs2)(N(C)C)CC1)C12CC3CC(CC(C3)C1)C2. The van der Waals surface area contributed by atoms with E-state index in [1.165, 1.54) is 43.4 Å². The average Bonchev–Trinajstić information content (AvgIpc) is 3.34. The zero-order chi connectivity index (χ0) is 24.6. The van der Waals surface area contributed by atoms with E-state index in [-0.39, 0.29) is 29.4 Å². The van der Waals surface area contributed by atoms with Gasteiger partial charge in [0, 0.05) is 29.8 Å². The fourth-order valence-corrected chi connectivity index (χ4v) is 9.65. The monoisotopic (exact) mass is 499 g/mol. The predicted molar refractivity (Wildman–Crippen MR) is 142 cm³/mol. The number of hydrogen-bond acceptors (Lipinski definition) is 4. The highest BCUT2D eigenvalue weighted by Crippen LogP contribution is 2.61. The summed E-state index contributed by atoms with van der Waals surface area (Å²) in [6, 6.07) is 4.90. The maximum absolute atomic E-state index is 12.7. The molecule has 5 aliphatic carbocycles. The number of rotatable bonds is 9. The lowest BCUT2D eigenvalue weighted by atomic mass is 9.48. The second-order valence-electron chi connectivity index (χ2n) is 12.7. The molecular weight excluding hydrogens is 454 g/mol. The number of carbonyl (C=O) groups excluding carboxylic acids is 2. The van der Waals surface area contributed by atoms with Gasteiger partial charge in [-0.15, -0.1) is 11.3 Å². The van der Waals surface area contributed by atoms with Crippen LogP contribution in [0.25, 0.3) is 0 Å². The summed E-state index contributed by atoms with van der Waals surface area (Å²) in [4.78, 5) is 29.1. The number of nitrogens with one attached hydrogen (secondary N) is 2. The number of nitrogens with zero attached hydrogens (tertiary/aromatic N) is 1. The fraction of sp³-hybridized carbons (Fsp3) is 0.793. The van der Waals surface area contributed by atoms with E-state index in [0.717, 1.165) is 43.4 Å². The summed E-state index contributed by atoms with van der Waals surface area (Å²) in [6.07, 6.45) is 13.9. The molecule has 5 saturated carbocycles. The van der Waals surface area contributed by atoms with Crippen molar-refractivity contribution in [3.8, 4) is 0 Å². The minimum absolute atomic E-state index is 0.0981. The third kappa shape index (κ3) is 5.20. The van der Waals surface area contributed by atoms with E-state index in [0.29, 0.717) is 24.7 Å². The van der Waals surface area contributed by atoms with E-state index < -0.39 is 0 Å². The van der Waals surface area contributed by atoms with Gasteiger partial charge in [0.15, 0.2) is 0 Å². The Labute approximate surface area is 215 Å². The molecule has 1 aromatic heterocycles. The zero-order valence-corrected chi connectivity index (χ0v) is 22.8. The van der Waals surface area contributed by atoms with Crippen molar-refractivity contribution in [1.29, 1.82) is 0 Å². The molecule has 2 amide bonds. The van der Waals surface area contributed by atoms with Crippen molar-refractivity contribution in [3.05, 3.63) is 22.4 Å². The van der Waals surface area contributed by atoms with Crippen LogP contribution in [0.5, 0.6) is 0 Å². The van der Waals surface area contributed by atoms with Gasteiger partial charge in [0.05, 0.1) is 5.54 Å². The Kier molecular flexibility index (Phi) is 7.33. The summed E-state index contributed by atoms with van der Waals surface area (Å²) in [5, 5.41) is 8.77. The Morgan fingerprint density at radius 1 is 1.03 bits per heavy atom. The van der Waals surface area contributed by atoms with E-state index in [4.69, 9.17) is 0 Å². The summed E-state index contributed by atoms with van der Waals surface area (Å²) < 4.78 is 0. The van der Waals surface area contributed by atoms with Gasteiger partial charge in [-0.1, -0.05) is 6.07 Å². The number of amides is 2. The first-order chi connectivity index (χ1) is 16.8. The van der Waals surface area contributed by atoms with Gasteiger partial charge in [-0.3, -0.25) is 14.5 Å². The molecule has 0 spiro atoms. The zero-order valence-electron chi connectivity index (χ0n) is 22.0. The molecule has 0 saturated heterocycles. The third-order valence-electron chi connectivity index (χ3n) is 10.2. The van der Waals surface area contributed by atoms with Crippen molar-refractivity contribution in [1.82, 2.24) is 15.5 Å². The van der Waals surface area contributed by atoms with Crippen LogP contribution in [-0.2, 0) is 15.1 Å². The average molecular weight is 500 g/mol. The van der Waals surface area contributed by atoms with Gasteiger partial charge >= 0.3 is 0 Å². The molecule has 0 radical (unpaired) electrons. The van der Waals surface area contributed by atoms with Crippen LogP contribution in [0.2, 0.25) is 0 Å². The first-order valence-electron chi connectivity index (χ1n) is 14.1. The molecule has 6 rings (SSSR count). The lowest BCUT2D eigenvalue weighted by Gasteiger charge is -2.59. The lowest BCUT2D eigenvalue weighted by Crippen LogP contribution is -2.55. The molecule has 35 heavy (non-hydrogen) atoms. The van der Waals surface area contributed by atoms with Gasteiger partial charge < -0.3 is 10.6 Å². The molecule has 0 aliphatic heterocycles. The highest BCUT2D eigenvalue weighted by molar-refractivity contribution is 7.10. The number of carbonyl (C=O) groups is 2. The van der Waals surface area contributed by atoms with Crippen LogP contribution in [0, 0.1) is 23.2 Å². The predicted octanol–water partition coefficient (Wildman–Crippen LogP) is 5.46. The first kappa shape index (κ1) is 25.3. The van der Waals surface area contributed by atoms with E-state index in [2.05, 4.69) is 54.1 Å². The van der Waals surface area contributed by atoms with Crippen molar-refractivity contribution >= 4 is 23.2 Å². The smallest absolute Gasteiger partial charge is 0.220 e. The van der Waals surface area contributed by atoms with Gasteiger partial charge in [-0.05, 0) is 126 Å². The molecule has 2 N–H and O–H groups in total. The Morgan fingerprint density at radius 2 is 1.63 bits per heavy atom. The van der Waals surface area contributed by atoms with E-state index in [9.17, 15) is 9.59 Å². The lowest BCUT2D eigenvalue weighted by molar-refractivity contribution is -0.126. The Morgan fingerprint density at radius 3 is 2.17 bits per heavy atom. The summed E-state index contributed by atoms with van der Waals surface area (Å²) >= 11 is 1.84. The molecule has 1 aromatic rings.